The van der Waals surface area contributed by atoms with Crippen molar-refractivity contribution in [2.45, 2.75) is 30.8 Å². The number of aromatic nitrogens is 2. The number of imidazole rings is 1. The van der Waals surface area contributed by atoms with Crippen molar-refractivity contribution >= 4 is 12.2 Å². The third-order valence-electron chi connectivity index (χ3n) is 4.07. The van der Waals surface area contributed by atoms with Gasteiger partial charge in [0.05, 0.1) is 31.4 Å². The van der Waals surface area contributed by atoms with Crippen molar-refractivity contribution in [1.29, 1.82) is 0 Å². The number of hydrogen-bond acceptors (Lipinski definition) is 7. The van der Waals surface area contributed by atoms with Crippen molar-refractivity contribution in [3.63, 3.8) is 0 Å². The Kier molecular flexibility index (Phi) is 3.47. The van der Waals surface area contributed by atoms with Crippen LogP contribution in [-0.2, 0) is 0 Å². The van der Waals surface area contributed by atoms with Gasteiger partial charge in [-0.25, -0.2) is 4.98 Å². The second-order valence-electron chi connectivity index (χ2n) is 5.27. The number of aliphatic hydroxyl groups excluding tert-OH is 4. The van der Waals surface area contributed by atoms with Gasteiger partial charge in [0.25, 0.3) is 0 Å². The third kappa shape index (κ3) is 2.01. The van der Waals surface area contributed by atoms with E-state index in [1.807, 2.05) is 0 Å². The highest BCUT2D eigenvalue weighted by Gasteiger charge is 2.43. The molecule has 3 rings (SSSR count). The molecule has 5 unspecified atom stereocenters. The Balaban J connectivity index is 1.94. The van der Waals surface area contributed by atoms with Crippen molar-refractivity contribution in [2.24, 2.45) is 10.9 Å². The van der Waals surface area contributed by atoms with Crippen LogP contribution >= 0.6 is 0 Å². The second-order valence-corrected chi connectivity index (χ2v) is 5.27. The van der Waals surface area contributed by atoms with E-state index in [-0.39, 0.29) is 19.1 Å². The predicted octanol–water partition coefficient (Wildman–Crippen LogP) is -1.35. The van der Waals surface area contributed by atoms with Crippen LogP contribution in [0.15, 0.2) is 11.3 Å². The molecule has 8 nitrogen and oxygen atoms in total. The highest BCUT2D eigenvalue weighted by molar-refractivity contribution is 5.76. The molecule has 0 radical (unpaired) electrons. The van der Waals surface area contributed by atoms with Crippen LogP contribution in [0.1, 0.15) is 24.3 Å². The molecule has 0 aromatic carbocycles. The van der Waals surface area contributed by atoms with E-state index in [0.29, 0.717) is 17.9 Å². The van der Waals surface area contributed by atoms with E-state index < -0.39 is 24.4 Å². The van der Waals surface area contributed by atoms with E-state index in [1.54, 1.807) is 4.57 Å². The van der Waals surface area contributed by atoms with E-state index in [9.17, 15) is 20.4 Å². The number of aliphatic hydroxyl groups is 4. The molecule has 0 spiro atoms. The molecule has 1 aromatic rings. The monoisotopic (exact) mass is 282 g/mol. The Bertz CT molecular complexity index is 518. The largest absolute Gasteiger partial charge is 0.396 e. The minimum atomic E-state index is -0.982. The van der Waals surface area contributed by atoms with Gasteiger partial charge in [0, 0.05) is 12.5 Å². The van der Waals surface area contributed by atoms with Gasteiger partial charge in [-0.2, -0.15) is 0 Å². The number of anilines is 1. The fourth-order valence-corrected chi connectivity index (χ4v) is 2.92. The van der Waals surface area contributed by atoms with Crippen LogP contribution in [0.4, 0.5) is 5.82 Å². The maximum atomic E-state index is 10.1. The topological polar surface area (TPSA) is 123 Å². The van der Waals surface area contributed by atoms with Crippen LogP contribution in [0, 0.1) is 5.92 Å². The predicted molar refractivity (Wildman–Crippen MR) is 70.4 cm³/mol. The first-order valence-electron chi connectivity index (χ1n) is 6.60. The summed E-state index contributed by atoms with van der Waals surface area (Å²) in [5.41, 5.74) is 0.469. The molecule has 5 N–H and O–H groups in total. The molecular formula is C12H18N4O4. The summed E-state index contributed by atoms with van der Waals surface area (Å²) in [5, 5.41) is 42.1. The number of nitrogens with one attached hydrogen (secondary N) is 1. The smallest absolute Gasteiger partial charge is 0.137 e. The third-order valence-corrected chi connectivity index (χ3v) is 4.07. The zero-order valence-electron chi connectivity index (χ0n) is 10.8. The summed E-state index contributed by atoms with van der Waals surface area (Å²) in [7, 11) is 0. The molecule has 1 fully saturated rings. The first-order chi connectivity index (χ1) is 9.63. The molecule has 1 aliphatic carbocycles. The average molecular weight is 282 g/mol. The van der Waals surface area contributed by atoms with E-state index in [0.717, 1.165) is 0 Å². The van der Waals surface area contributed by atoms with E-state index in [1.165, 1.54) is 12.7 Å². The van der Waals surface area contributed by atoms with Crippen molar-refractivity contribution in [3.8, 4) is 0 Å². The Hall–Kier alpha value is -1.48. The molecule has 2 heterocycles. The van der Waals surface area contributed by atoms with Gasteiger partial charge >= 0.3 is 0 Å². The van der Waals surface area contributed by atoms with E-state index in [4.69, 9.17) is 0 Å². The van der Waals surface area contributed by atoms with Gasteiger partial charge in [0.1, 0.15) is 23.7 Å². The first-order valence-corrected chi connectivity index (χ1v) is 6.60. The summed E-state index contributed by atoms with van der Waals surface area (Å²) in [6, 6.07) is -0.399. The zero-order chi connectivity index (χ0) is 14.3. The van der Waals surface area contributed by atoms with Crippen molar-refractivity contribution < 1.29 is 20.4 Å². The van der Waals surface area contributed by atoms with Gasteiger partial charge < -0.3 is 30.3 Å². The van der Waals surface area contributed by atoms with Gasteiger partial charge in [0.15, 0.2) is 0 Å². The number of aliphatic imine (C=N–C) groups is 1. The molecule has 1 aliphatic heterocycles. The Labute approximate surface area is 115 Å². The molecule has 8 heteroatoms. The van der Waals surface area contributed by atoms with Crippen LogP contribution in [0.3, 0.4) is 0 Å². The van der Waals surface area contributed by atoms with Gasteiger partial charge in [-0.15, -0.1) is 0 Å². The van der Waals surface area contributed by atoms with Crippen molar-refractivity contribution in [1.82, 2.24) is 9.55 Å². The van der Waals surface area contributed by atoms with Crippen LogP contribution in [0.2, 0.25) is 0 Å². The Morgan fingerprint density at radius 2 is 2.10 bits per heavy atom. The summed E-state index contributed by atoms with van der Waals surface area (Å²) in [6.07, 6.45) is 0.706. The molecule has 0 bridgehead atoms. The fourth-order valence-electron chi connectivity index (χ4n) is 2.92. The molecule has 1 aromatic heterocycles. The van der Waals surface area contributed by atoms with Gasteiger partial charge in [0.2, 0.25) is 0 Å². The number of nitrogens with zero attached hydrogens (tertiary/aromatic N) is 3. The molecule has 5 atom stereocenters. The zero-order valence-corrected chi connectivity index (χ0v) is 10.8. The summed E-state index contributed by atoms with van der Waals surface area (Å²) in [6.45, 7) is 0.0508. The minimum absolute atomic E-state index is 0.177. The molecule has 0 amide bonds. The lowest BCUT2D eigenvalue weighted by Crippen LogP contribution is -2.30. The number of hydrogen-bond donors (Lipinski definition) is 5. The average Bonchev–Trinajstić information content (AvgIpc) is 2.92. The summed E-state index contributed by atoms with van der Waals surface area (Å²) in [4.78, 5) is 8.15. The van der Waals surface area contributed by atoms with Crippen molar-refractivity contribution in [3.05, 3.63) is 12.0 Å². The molecule has 0 saturated heterocycles. The van der Waals surface area contributed by atoms with Gasteiger partial charge in [-0.05, 0) is 6.42 Å². The number of rotatable bonds is 2. The lowest BCUT2D eigenvalue weighted by Gasteiger charge is -2.20. The van der Waals surface area contributed by atoms with Crippen LogP contribution in [0.25, 0.3) is 0 Å². The molecule has 20 heavy (non-hydrogen) atoms. The Morgan fingerprint density at radius 1 is 1.30 bits per heavy atom. The molecule has 110 valence electrons. The summed E-state index contributed by atoms with van der Waals surface area (Å²) >= 11 is 0. The fraction of sp³-hybridized carbons (Fsp3) is 0.667. The van der Waals surface area contributed by atoms with Gasteiger partial charge in [-0.1, -0.05) is 0 Å². The van der Waals surface area contributed by atoms with Crippen molar-refractivity contribution in [2.75, 3.05) is 18.5 Å². The van der Waals surface area contributed by atoms with Crippen LogP contribution in [-0.4, -0.2) is 61.7 Å². The molecular weight excluding hydrogens is 264 g/mol. The number of fused-ring (bicyclic) bond motifs is 1. The maximum Gasteiger partial charge on any atom is 0.137 e. The minimum Gasteiger partial charge on any atom is -0.396 e. The standard InChI is InChI=1S/C12H18N4O4/c17-3-6-1-7(11(20)10(6)19)16-5-15-9-8(18)2-13-4-14-12(9)16/h4-8,10-11,17-20H,1-3H2,(H,13,14). The van der Waals surface area contributed by atoms with E-state index >= 15 is 0 Å². The second kappa shape index (κ2) is 5.13. The lowest BCUT2D eigenvalue weighted by molar-refractivity contribution is -0.00386. The summed E-state index contributed by atoms with van der Waals surface area (Å²) < 4.78 is 1.69. The van der Waals surface area contributed by atoms with Gasteiger partial charge in [-0.3, -0.25) is 4.99 Å². The SMILES string of the molecule is OCC1CC(n2cnc3c2NC=NCC3O)C(O)C1O. The first kappa shape index (κ1) is 13.5. The highest BCUT2D eigenvalue weighted by Crippen LogP contribution is 2.38. The summed E-state index contributed by atoms with van der Waals surface area (Å²) in [5.74, 6) is 0.200. The molecule has 1 saturated carbocycles. The lowest BCUT2D eigenvalue weighted by atomic mass is 10.1. The van der Waals surface area contributed by atoms with Crippen LogP contribution < -0.4 is 5.32 Å². The molecule has 2 aliphatic rings. The van der Waals surface area contributed by atoms with E-state index in [2.05, 4.69) is 15.3 Å². The Morgan fingerprint density at radius 3 is 2.80 bits per heavy atom. The van der Waals surface area contributed by atoms with Crippen LogP contribution in [0.5, 0.6) is 0 Å². The highest BCUT2D eigenvalue weighted by atomic mass is 16.3. The maximum absolute atomic E-state index is 10.1. The normalized spacial score (nSPS) is 36.5. The quantitative estimate of drug-likeness (QED) is 0.457.